The summed E-state index contributed by atoms with van der Waals surface area (Å²) < 4.78 is 0. The Kier molecular flexibility index (Phi) is 5.17. The van der Waals surface area contributed by atoms with Gasteiger partial charge in [-0.2, -0.15) is 0 Å². The van der Waals surface area contributed by atoms with E-state index in [9.17, 15) is 0 Å². The van der Waals surface area contributed by atoms with Crippen LogP contribution in [0.1, 0.15) is 11.4 Å². The van der Waals surface area contributed by atoms with Crippen LogP contribution in [0.25, 0.3) is 0 Å². The molecule has 0 spiro atoms. The maximum atomic E-state index is 6.05. The number of rotatable bonds is 3. The predicted octanol–water partition coefficient (Wildman–Crippen LogP) is 3.71. The van der Waals surface area contributed by atoms with E-state index < -0.39 is 0 Å². The summed E-state index contributed by atoms with van der Waals surface area (Å²) in [5, 5.41) is 4.33. The fourth-order valence-electron chi connectivity index (χ4n) is 1.64. The number of hydrogen-bond acceptors (Lipinski definition) is 4. The van der Waals surface area contributed by atoms with Crippen molar-refractivity contribution in [3.8, 4) is 0 Å². The minimum atomic E-state index is 0.335. The van der Waals surface area contributed by atoms with Gasteiger partial charge in [0.1, 0.15) is 0 Å². The molecule has 0 aliphatic carbocycles. The van der Waals surface area contributed by atoms with Crippen LogP contribution in [0.5, 0.6) is 0 Å². The molecular formula is C13H13Cl2N5S. The van der Waals surface area contributed by atoms with E-state index in [0.717, 1.165) is 11.4 Å². The van der Waals surface area contributed by atoms with Crippen molar-refractivity contribution in [2.75, 3.05) is 10.7 Å². The lowest BCUT2D eigenvalue weighted by Crippen LogP contribution is -2.34. The van der Waals surface area contributed by atoms with E-state index in [-0.39, 0.29) is 0 Å². The van der Waals surface area contributed by atoms with Crippen LogP contribution in [0, 0.1) is 13.8 Å². The Bertz CT molecular complexity index is 657. The molecule has 2 aromatic rings. The number of aryl methyl sites for hydroxylation is 2. The summed E-state index contributed by atoms with van der Waals surface area (Å²) in [6, 6.07) is 6.98. The van der Waals surface area contributed by atoms with Crippen molar-refractivity contribution in [3.05, 3.63) is 45.7 Å². The molecule has 8 heteroatoms. The largest absolute Gasteiger partial charge is 0.330 e. The van der Waals surface area contributed by atoms with Crippen LogP contribution in [0.2, 0.25) is 10.0 Å². The number of hydrogen-bond donors (Lipinski definition) is 3. The van der Waals surface area contributed by atoms with Gasteiger partial charge in [0, 0.05) is 16.4 Å². The van der Waals surface area contributed by atoms with Crippen molar-refractivity contribution >= 4 is 52.2 Å². The molecule has 0 atom stereocenters. The van der Waals surface area contributed by atoms with Crippen LogP contribution in [-0.2, 0) is 0 Å². The van der Waals surface area contributed by atoms with Gasteiger partial charge in [0.2, 0.25) is 5.95 Å². The minimum absolute atomic E-state index is 0.335. The molecule has 0 amide bonds. The molecule has 3 N–H and O–H groups in total. The molecule has 0 fully saturated rings. The molecule has 5 nitrogen and oxygen atoms in total. The lowest BCUT2D eigenvalue weighted by atomic mass is 10.3. The van der Waals surface area contributed by atoms with Crippen molar-refractivity contribution in [2.45, 2.75) is 13.8 Å². The van der Waals surface area contributed by atoms with Gasteiger partial charge >= 0.3 is 0 Å². The SMILES string of the molecule is Cc1cc(C)nc(NNC(=S)Nc2ccc(Cl)cc2Cl)n1. The molecule has 1 aromatic heterocycles. The molecule has 0 bridgehead atoms. The van der Waals surface area contributed by atoms with E-state index in [1.165, 1.54) is 0 Å². The Morgan fingerprint density at radius 3 is 2.38 bits per heavy atom. The van der Waals surface area contributed by atoms with Gasteiger partial charge in [0.05, 0.1) is 10.7 Å². The standard InChI is InChI=1S/C13H13Cl2N5S/c1-7-5-8(2)17-12(16-7)19-20-13(21)18-11-4-3-9(14)6-10(11)15/h3-6H,1-2H3,(H,16,17,19)(H2,18,20,21). The highest BCUT2D eigenvalue weighted by molar-refractivity contribution is 7.80. The highest BCUT2D eigenvalue weighted by Crippen LogP contribution is 2.25. The molecule has 0 aliphatic heterocycles. The van der Waals surface area contributed by atoms with E-state index in [2.05, 4.69) is 26.1 Å². The number of halogens is 2. The molecule has 2 rings (SSSR count). The molecular weight excluding hydrogens is 329 g/mol. The van der Waals surface area contributed by atoms with Gasteiger partial charge in [-0.05, 0) is 50.3 Å². The maximum Gasteiger partial charge on any atom is 0.242 e. The number of aromatic nitrogens is 2. The van der Waals surface area contributed by atoms with Crippen LogP contribution in [0.3, 0.4) is 0 Å². The van der Waals surface area contributed by atoms with Crippen molar-refractivity contribution in [1.82, 2.24) is 15.4 Å². The zero-order chi connectivity index (χ0) is 15.4. The average Bonchev–Trinajstić information content (AvgIpc) is 2.39. The van der Waals surface area contributed by atoms with Gasteiger partial charge in [0.15, 0.2) is 5.11 Å². The molecule has 110 valence electrons. The second-order valence-electron chi connectivity index (χ2n) is 4.30. The smallest absolute Gasteiger partial charge is 0.242 e. The molecule has 0 saturated carbocycles. The second kappa shape index (κ2) is 6.89. The van der Waals surface area contributed by atoms with Gasteiger partial charge in [-0.1, -0.05) is 23.2 Å². The molecule has 0 aliphatic rings. The van der Waals surface area contributed by atoms with Crippen LogP contribution in [0.15, 0.2) is 24.3 Å². The normalized spacial score (nSPS) is 10.1. The lowest BCUT2D eigenvalue weighted by Gasteiger charge is -2.13. The molecule has 21 heavy (non-hydrogen) atoms. The zero-order valence-electron chi connectivity index (χ0n) is 11.4. The third kappa shape index (κ3) is 4.70. The van der Waals surface area contributed by atoms with Gasteiger partial charge < -0.3 is 5.32 Å². The van der Waals surface area contributed by atoms with Crippen molar-refractivity contribution in [1.29, 1.82) is 0 Å². The van der Waals surface area contributed by atoms with E-state index in [1.54, 1.807) is 18.2 Å². The summed E-state index contributed by atoms with van der Waals surface area (Å²) >= 11 is 17.0. The number of nitrogens with one attached hydrogen (secondary N) is 3. The molecule has 0 saturated heterocycles. The Labute approximate surface area is 138 Å². The number of nitrogens with zero attached hydrogens (tertiary/aromatic N) is 2. The first kappa shape index (κ1) is 15.8. The number of anilines is 2. The van der Waals surface area contributed by atoms with E-state index in [1.807, 2.05) is 19.9 Å². The van der Waals surface area contributed by atoms with E-state index in [0.29, 0.717) is 26.8 Å². The van der Waals surface area contributed by atoms with Gasteiger partial charge in [0.25, 0.3) is 0 Å². The Balaban J connectivity index is 1.95. The van der Waals surface area contributed by atoms with Gasteiger partial charge in [-0.25, -0.2) is 9.97 Å². The first-order chi connectivity index (χ1) is 9.94. The number of thiocarbonyl (C=S) groups is 1. The van der Waals surface area contributed by atoms with E-state index in [4.69, 9.17) is 35.4 Å². The summed E-state index contributed by atoms with van der Waals surface area (Å²) in [6.45, 7) is 3.79. The van der Waals surface area contributed by atoms with Crippen molar-refractivity contribution in [2.24, 2.45) is 0 Å². The maximum absolute atomic E-state index is 6.05. The fourth-order valence-corrected chi connectivity index (χ4v) is 2.26. The average molecular weight is 342 g/mol. The quantitative estimate of drug-likeness (QED) is 0.584. The third-order valence-corrected chi connectivity index (χ3v) is 3.20. The van der Waals surface area contributed by atoms with Crippen molar-refractivity contribution < 1.29 is 0 Å². The summed E-state index contributed by atoms with van der Waals surface area (Å²) in [6.07, 6.45) is 0. The molecule has 0 radical (unpaired) electrons. The van der Waals surface area contributed by atoms with Crippen LogP contribution >= 0.6 is 35.4 Å². The summed E-state index contributed by atoms with van der Waals surface area (Å²) in [5.41, 5.74) is 8.02. The topological polar surface area (TPSA) is 61.9 Å². The van der Waals surface area contributed by atoms with Crippen LogP contribution in [-0.4, -0.2) is 15.1 Å². The highest BCUT2D eigenvalue weighted by atomic mass is 35.5. The Hall–Kier alpha value is -1.63. The Morgan fingerprint density at radius 2 is 1.76 bits per heavy atom. The van der Waals surface area contributed by atoms with Gasteiger partial charge in [-0.15, -0.1) is 0 Å². The predicted molar refractivity (Wildman–Crippen MR) is 90.9 cm³/mol. The van der Waals surface area contributed by atoms with Crippen LogP contribution in [0.4, 0.5) is 11.6 Å². The molecule has 1 heterocycles. The monoisotopic (exact) mass is 341 g/mol. The highest BCUT2D eigenvalue weighted by Gasteiger charge is 2.04. The Morgan fingerprint density at radius 1 is 1.10 bits per heavy atom. The van der Waals surface area contributed by atoms with E-state index >= 15 is 0 Å². The molecule has 1 aromatic carbocycles. The minimum Gasteiger partial charge on any atom is -0.330 e. The van der Waals surface area contributed by atoms with Crippen LogP contribution < -0.4 is 16.2 Å². The first-order valence-corrected chi connectivity index (χ1v) is 7.21. The second-order valence-corrected chi connectivity index (χ2v) is 5.55. The number of benzene rings is 1. The van der Waals surface area contributed by atoms with Gasteiger partial charge in [-0.3, -0.25) is 10.9 Å². The third-order valence-electron chi connectivity index (χ3n) is 2.45. The molecule has 0 unspecified atom stereocenters. The number of hydrazine groups is 1. The van der Waals surface area contributed by atoms with Crippen molar-refractivity contribution in [3.63, 3.8) is 0 Å². The zero-order valence-corrected chi connectivity index (χ0v) is 13.7. The summed E-state index contributed by atoms with van der Waals surface area (Å²) in [5.74, 6) is 0.443. The first-order valence-electron chi connectivity index (χ1n) is 6.04. The summed E-state index contributed by atoms with van der Waals surface area (Å²) in [4.78, 5) is 8.45. The lowest BCUT2D eigenvalue weighted by molar-refractivity contribution is 0.991. The fraction of sp³-hybridized carbons (Fsp3) is 0.154. The summed E-state index contributed by atoms with van der Waals surface area (Å²) in [7, 11) is 0.